The number of carbonyl (C=O) groups excluding carboxylic acids is 2. The Morgan fingerprint density at radius 3 is 2.73 bits per heavy atom. The molecule has 0 aliphatic heterocycles. The quantitative estimate of drug-likeness (QED) is 0.447. The van der Waals surface area contributed by atoms with Crippen molar-refractivity contribution >= 4 is 23.1 Å². The molecule has 1 saturated carbocycles. The molecule has 4 aromatic rings. The first-order valence-corrected chi connectivity index (χ1v) is 10.9. The standard InChI is InChI=1S/C26H24N4O3/c1-17-6-5-13-30-15-21(27-24(17)30)16-33-23-10-3-2-9-22(23)26(32)29-20-8-4-7-18(14-20)25(31)28-19-11-12-19/h2-10,13-15,19H,11-12,16H2,1H3,(H,28,31)(H,29,32). The van der Waals surface area contributed by atoms with Gasteiger partial charge in [-0.15, -0.1) is 0 Å². The summed E-state index contributed by atoms with van der Waals surface area (Å²) in [5.74, 6) is 0.0302. The molecule has 2 N–H and O–H groups in total. The number of hydrogen-bond donors (Lipinski definition) is 2. The Bertz CT molecular complexity index is 1340. The van der Waals surface area contributed by atoms with Gasteiger partial charge < -0.3 is 19.8 Å². The first-order valence-electron chi connectivity index (χ1n) is 10.9. The van der Waals surface area contributed by atoms with Gasteiger partial charge in [-0.05, 0) is 61.7 Å². The van der Waals surface area contributed by atoms with E-state index in [0.717, 1.165) is 29.7 Å². The summed E-state index contributed by atoms with van der Waals surface area (Å²) in [7, 11) is 0. The SMILES string of the molecule is Cc1cccn2cc(COc3ccccc3C(=O)Nc3cccc(C(=O)NC4CC4)c3)nc12. The molecule has 2 amide bonds. The summed E-state index contributed by atoms with van der Waals surface area (Å²) in [6.45, 7) is 2.25. The molecule has 0 radical (unpaired) electrons. The second kappa shape index (κ2) is 8.78. The van der Waals surface area contributed by atoms with E-state index in [0.29, 0.717) is 22.6 Å². The van der Waals surface area contributed by atoms with Crippen molar-refractivity contribution < 1.29 is 14.3 Å². The molecule has 2 aromatic carbocycles. The van der Waals surface area contributed by atoms with Gasteiger partial charge in [0, 0.05) is 29.7 Å². The molecule has 1 aliphatic rings. The van der Waals surface area contributed by atoms with E-state index in [9.17, 15) is 9.59 Å². The van der Waals surface area contributed by atoms with Gasteiger partial charge in [-0.25, -0.2) is 4.98 Å². The number of fused-ring (bicyclic) bond motifs is 1. The van der Waals surface area contributed by atoms with E-state index in [1.54, 1.807) is 42.5 Å². The molecular weight excluding hydrogens is 416 g/mol. The van der Waals surface area contributed by atoms with Gasteiger partial charge in [-0.2, -0.15) is 0 Å². The minimum Gasteiger partial charge on any atom is -0.486 e. The average Bonchev–Trinajstić information content (AvgIpc) is 3.53. The normalized spacial score (nSPS) is 13.0. The van der Waals surface area contributed by atoms with Crippen LogP contribution in [-0.2, 0) is 6.61 Å². The fourth-order valence-electron chi connectivity index (χ4n) is 3.64. The lowest BCUT2D eigenvalue weighted by Crippen LogP contribution is -2.25. The number of aromatic nitrogens is 2. The van der Waals surface area contributed by atoms with Crippen LogP contribution in [0, 0.1) is 6.92 Å². The summed E-state index contributed by atoms with van der Waals surface area (Å²) in [6.07, 6.45) is 5.91. The first-order chi connectivity index (χ1) is 16.1. The third kappa shape index (κ3) is 4.72. The molecule has 7 heteroatoms. The number of carbonyl (C=O) groups is 2. The molecule has 0 spiro atoms. The average molecular weight is 441 g/mol. The van der Waals surface area contributed by atoms with E-state index in [4.69, 9.17) is 4.74 Å². The molecule has 0 saturated heterocycles. The first kappa shape index (κ1) is 20.8. The Labute approximate surface area is 191 Å². The molecule has 33 heavy (non-hydrogen) atoms. The van der Waals surface area contributed by atoms with Crippen LogP contribution in [0.5, 0.6) is 5.75 Å². The van der Waals surface area contributed by atoms with Crippen molar-refractivity contribution in [3.63, 3.8) is 0 Å². The number of aryl methyl sites for hydroxylation is 1. The number of benzene rings is 2. The number of rotatable bonds is 7. The number of hydrogen-bond acceptors (Lipinski definition) is 4. The Morgan fingerprint density at radius 1 is 1.06 bits per heavy atom. The van der Waals surface area contributed by atoms with Gasteiger partial charge in [0.15, 0.2) is 0 Å². The summed E-state index contributed by atoms with van der Waals surface area (Å²) >= 11 is 0. The van der Waals surface area contributed by atoms with Crippen LogP contribution in [0.4, 0.5) is 5.69 Å². The maximum absolute atomic E-state index is 13.0. The second-order valence-electron chi connectivity index (χ2n) is 8.22. The predicted molar refractivity (Wildman–Crippen MR) is 126 cm³/mol. The summed E-state index contributed by atoms with van der Waals surface area (Å²) in [6, 6.07) is 18.3. The van der Waals surface area contributed by atoms with E-state index in [1.807, 2.05) is 41.9 Å². The highest BCUT2D eigenvalue weighted by atomic mass is 16.5. The third-order valence-electron chi connectivity index (χ3n) is 5.53. The Balaban J connectivity index is 1.29. The zero-order chi connectivity index (χ0) is 22.8. The van der Waals surface area contributed by atoms with Crippen LogP contribution in [0.15, 0.2) is 73.1 Å². The van der Waals surface area contributed by atoms with Crippen molar-refractivity contribution in [2.45, 2.75) is 32.4 Å². The van der Waals surface area contributed by atoms with E-state index in [2.05, 4.69) is 15.6 Å². The zero-order valence-electron chi connectivity index (χ0n) is 18.2. The highest BCUT2D eigenvalue weighted by Crippen LogP contribution is 2.23. The molecule has 1 aliphatic carbocycles. The summed E-state index contributed by atoms with van der Waals surface area (Å²) in [5.41, 5.74) is 4.21. The number of para-hydroxylation sites is 1. The van der Waals surface area contributed by atoms with Crippen molar-refractivity contribution in [3.05, 3.63) is 95.4 Å². The molecule has 0 unspecified atom stereocenters. The summed E-state index contributed by atoms with van der Waals surface area (Å²) < 4.78 is 7.92. The van der Waals surface area contributed by atoms with E-state index < -0.39 is 0 Å². The molecule has 7 nitrogen and oxygen atoms in total. The lowest BCUT2D eigenvalue weighted by Gasteiger charge is -2.12. The topological polar surface area (TPSA) is 84.7 Å². The van der Waals surface area contributed by atoms with Gasteiger partial charge in [0.25, 0.3) is 11.8 Å². The van der Waals surface area contributed by atoms with Crippen LogP contribution < -0.4 is 15.4 Å². The van der Waals surface area contributed by atoms with Crippen LogP contribution >= 0.6 is 0 Å². The van der Waals surface area contributed by atoms with Crippen molar-refractivity contribution in [3.8, 4) is 5.75 Å². The van der Waals surface area contributed by atoms with Crippen LogP contribution in [0.1, 0.15) is 44.8 Å². The third-order valence-corrected chi connectivity index (χ3v) is 5.53. The van der Waals surface area contributed by atoms with Crippen molar-refractivity contribution in [1.82, 2.24) is 14.7 Å². The molecule has 1 fully saturated rings. The number of nitrogens with one attached hydrogen (secondary N) is 2. The highest BCUT2D eigenvalue weighted by Gasteiger charge is 2.24. The fraction of sp³-hybridized carbons (Fsp3) is 0.192. The van der Waals surface area contributed by atoms with Gasteiger partial charge >= 0.3 is 0 Å². The summed E-state index contributed by atoms with van der Waals surface area (Å²) in [5, 5.41) is 5.83. The van der Waals surface area contributed by atoms with Gasteiger partial charge in [0.2, 0.25) is 0 Å². The monoisotopic (exact) mass is 440 g/mol. The maximum Gasteiger partial charge on any atom is 0.259 e. The number of imidazole rings is 1. The van der Waals surface area contributed by atoms with Crippen molar-refractivity contribution in [2.75, 3.05) is 5.32 Å². The Morgan fingerprint density at radius 2 is 1.91 bits per heavy atom. The number of pyridine rings is 1. The molecule has 0 atom stereocenters. The van der Waals surface area contributed by atoms with Gasteiger partial charge in [0.1, 0.15) is 18.0 Å². The molecule has 5 rings (SSSR count). The van der Waals surface area contributed by atoms with Crippen LogP contribution in [0.2, 0.25) is 0 Å². The van der Waals surface area contributed by atoms with E-state index >= 15 is 0 Å². The van der Waals surface area contributed by atoms with E-state index in [-0.39, 0.29) is 24.5 Å². The van der Waals surface area contributed by atoms with Gasteiger partial charge in [-0.1, -0.05) is 24.3 Å². The van der Waals surface area contributed by atoms with Crippen LogP contribution in [0.3, 0.4) is 0 Å². The smallest absolute Gasteiger partial charge is 0.259 e. The number of ether oxygens (including phenoxy) is 1. The van der Waals surface area contributed by atoms with E-state index in [1.165, 1.54) is 0 Å². The number of amides is 2. The summed E-state index contributed by atoms with van der Waals surface area (Å²) in [4.78, 5) is 29.9. The maximum atomic E-state index is 13.0. The lowest BCUT2D eigenvalue weighted by atomic mass is 10.1. The van der Waals surface area contributed by atoms with Crippen molar-refractivity contribution in [2.24, 2.45) is 0 Å². The highest BCUT2D eigenvalue weighted by molar-refractivity contribution is 6.06. The number of anilines is 1. The lowest BCUT2D eigenvalue weighted by molar-refractivity contribution is 0.0949. The van der Waals surface area contributed by atoms with Crippen molar-refractivity contribution in [1.29, 1.82) is 0 Å². The molecule has 2 aromatic heterocycles. The second-order valence-corrected chi connectivity index (χ2v) is 8.22. The minimum atomic E-state index is -0.309. The molecule has 0 bridgehead atoms. The fourth-order valence-corrected chi connectivity index (χ4v) is 3.64. The van der Waals surface area contributed by atoms with Gasteiger partial charge in [0.05, 0.1) is 11.3 Å². The zero-order valence-corrected chi connectivity index (χ0v) is 18.2. The van der Waals surface area contributed by atoms with Crippen LogP contribution in [-0.4, -0.2) is 27.2 Å². The molecular formula is C26H24N4O3. The minimum absolute atomic E-state index is 0.125. The Hall–Kier alpha value is -4.13. The van der Waals surface area contributed by atoms with Crippen LogP contribution in [0.25, 0.3) is 5.65 Å². The number of nitrogens with zero attached hydrogens (tertiary/aromatic N) is 2. The van der Waals surface area contributed by atoms with Gasteiger partial charge in [-0.3, -0.25) is 9.59 Å². The largest absolute Gasteiger partial charge is 0.486 e. The predicted octanol–water partition coefficient (Wildman–Crippen LogP) is 4.37. The Kier molecular flexibility index (Phi) is 5.52. The molecule has 166 valence electrons. The molecule has 2 heterocycles.